The average molecular weight is 455 g/mol. The molecule has 1 unspecified atom stereocenters. The highest BCUT2D eigenvalue weighted by Crippen LogP contribution is 2.28. The standard InChI is InChI=1S/C23H23ClN4O4/c1-2-14-4-5-16(24)10-18(14)26-23(32)25-11-13-3-6-17-15(9-13)12-28(22(17)31)19-7-8-20(29)27-21(19)30/h3-6,9-10,19H,2,7-8,11-12H2,1H3,(H2,25,26,32)(H,27,29,30). The monoisotopic (exact) mass is 454 g/mol. The van der Waals surface area contributed by atoms with Crippen molar-refractivity contribution in [3.8, 4) is 0 Å². The van der Waals surface area contributed by atoms with Crippen molar-refractivity contribution in [2.24, 2.45) is 0 Å². The van der Waals surface area contributed by atoms with E-state index in [-0.39, 0.29) is 30.8 Å². The van der Waals surface area contributed by atoms with Gasteiger partial charge in [-0.2, -0.15) is 0 Å². The second kappa shape index (κ2) is 9.00. The number of amides is 5. The first-order chi connectivity index (χ1) is 15.4. The Balaban J connectivity index is 1.39. The van der Waals surface area contributed by atoms with E-state index in [9.17, 15) is 19.2 Å². The van der Waals surface area contributed by atoms with Crippen LogP contribution in [-0.4, -0.2) is 34.7 Å². The first-order valence-corrected chi connectivity index (χ1v) is 10.8. The lowest BCUT2D eigenvalue weighted by molar-refractivity contribution is -0.136. The van der Waals surface area contributed by atoms with E-state index >= 15 is 0 Å². The fourth-order valence-corrected chi connectivity index (χ4v) is 4.23. The molecule has 1 fully saturated rings. The van der Waals surface area contributed by atoms with Crippen LogP contribution < -0.4 is 16.0 Å². The maximum Gasteiger partial charge on any atom is 0.319 e. The number of hydrogen-bond acceptors (Lipinski definition) is 4. The number of imide groups is 1. The van der Waals surface area contributed by atoms with Gasteiger partial charge in [0.15, 0.2) is 0 Å². The number of anilines is 1. The molecule has 2 aliphatic rings. The lowest BCUT2D eigenvalue weighted by Crippen LogP contribution is -2.52. The Hall–Kier alpha value is -3.39. The van der Waals surface area contributed by atoms with E-state index in [1.807, 2.05) is 19.1 Å². The highest BCUT2D eigenvalue weighted by molar-refractivity contribution is 6.31. The Morgan fingerprint density at radius 1 is 1.19 bits per heavy atom. The molecule has 1 saturated heterocycles. The normalized spacial score (nSPS) is 17.8. The molecule has 0 aromatic heterocycles. The van der Waals surface area contributed by atoms with Gasteiger partial charge in [0, 0.05) is 35.8 Å². The van der Waals surface area contributed by atoms with Crippen LogP contribution in [0.5, 0.6) is 0 Å². The molecular formula is C23H23ClN4O4. The zero-order valence-electron chi connectivity index (χ0n) is 17.5. The molecule has 0 aliphatic carbocycles. The highest BCUT2D eigenvalue weighted by atomic mass is 35.5. The Labute approximate surface area is 190 Å². The molecule has 8 nitrogen and oxygen atoms in total. The van der Waals surface area contributed by atoms with Crippen molar-refractivity contribution in [2.75, 3.05) is 5.32 Å². The van der Waals surface area contributed by atoms with Gasteiger partial charge in [0.05, 0.1) is 0 Å². The number of aryl methyl sites for hydroxylation is 1. The average Bonchev–Trinajstić information content (AvgIpc) is 3.08. The van der Waals surface area contributed by atoms with Gasteiger partial charge in [0.2, 0.25) is 11.8 Å². The molecule has 2 aliphatic heterocycles. The van der Waals surface area contributed by atoms with Gasteiger partial charge in [-0.3, -0.25) is 19.7 Å². The molecule has 0 spiro atoms. The number of nitrogens with zero attached hydrogens (tertiary/aromatic N) is 1. The number of urea groups is 1. The summed E-state index contributed by atoms with van der Waals surface area (Å²) in [5.74, 6) is -0.973. The minimum Gasteiger partial charge on any atom is -0.334 e. The molecule has 1 atom stereocenters. The predicted molar refractivity (Wildman–Crippen MR) is 119 cm³/mol. The minimum atomic E-state index is -0.648. The molecule has 4 rings (SSSR count). The van der Waals surface area contributed by atoms with Gasteiger partial charge < -0.3 is 15.5 Å². The van der Waals surface area contributed by atoms with Crippen LogP contribution in [0.15, 0.2) is 36.4 Å². The quantitative estimate of drug-likeness (QED) is 0.603. The Morgan fingerprint density at radius 3 is 2.75 bits per heavy atom. The molecule has 166 valence electrons. The lowest BCUT2D eigenvalue weighted by Gasteiger charge is -2.29. The number of carbonyl (C=O) groups is 4. The van der Waals surface area contributed by atoms with Crippen molar-refractivity contribution >= 4 is 41.0 Å². The molecule has 5 amide bonds. The van der Waals surface area contributed by atoms with Gasteiger partial charge in [-0.25, -0.2) is 4.79 Å². The number of benzene rings is 2. The molecular weight excluding hydrogens is 432 g/mol. The summed E-state index contributed by atoms with van der Waals surface area (Å²) < 4.78 is 0. The lowest BCUT2D eigenvalue weighted by atomic mass is 10.0. The molecule has 3 N–H and O–H groups in total. The van der Waals surface area contributed by atoms with Crippen LogP contribution in [0.2, 0.25) is 5.02 Å². The summed E-state index contributed by atoms with van der Waals surface area (Å²) in [6.45, 7) is 2.56. The number of fused-ring (bicyclic) bond motifs is 1. The summed E-state index contributed by atoms with van der Waals surface area (Å²) in [5, 5.41) is 8.47. The highest BCUT2D eigenvalue weighted by Gasteiger charge is 2.39. The second-order valence-corrected chi connectivity index (χ2v) is 8.29. The molecule has 0 saturated carbocycles. The van der Waals surface area contributed by atoms with E-state index in [2.05, 4.69) is 16.0 Å². The van der Waals surface area contributed by atoms with Crippen molar-refractivity contribution in [1.29, 1.82) is 0 Å². The van der Waals surface area contributed by atoms with Gasteiger partial charge in [0.25, 0.3) is 5.91 Å². The van der Waals surface area contributed by atoms with Gasteiger partial charge in [-0.15, -0.1) is 0 Å². The molecule has 2 aromatic carbocycles. The summed E-state index contributed by atoms with van der Waals surface area (Å²) in [5.41, 5.74) is 3.81. The third-order valence-corrected chi connectivity index (χ3v) is 5.98. The topological polar surface area (TPSA) is 108 Å². The zero-order chi connectivity index (χ0) is 22.8. The Kier molecular flexibility index (Phi) is 6.14. The molecule has 0 radical (unpaired) electrons. The van der Waals surface area contributed by atoms with Crippen molar-refractivity contribution in [3.63, 3.8) is 0 Å². The largest absolute Gasteiger partial charge is 0.334 e. The molecule has 2 aromatic rings. The maximum absolute atomic E-state index is 12.8. The van der Waals surface area contributed by atoms with Gasteiger partial charge in [-0.1, -0.05) is 36.7 Å². The third-order valence-electron chi connectivity index (χ3n) is 5.74. The van der Waals surface area contributed by atoms with Crippen molar-refractivity contribution in [2.45, 2.75) is 45.3 Å². The van der Waals surface area contributed by atoms with Crippen molar-refractivity contribution in [3.05, 3.63) is 63.7 Å². The molecule has 32 heavy (non-hydrogen) atoms. The number of nitrogens with one attached hydrogen (secondary N) is 3. The van der Waals surface area contributed by atoms with E-state index in [1.165, 1.54) is 4.90 Å². The van der Waals surface area contributed by atoms with Gasteiger partial charge in [0.1, 0.15) is 6.04 Å². The second-order valence-electron chi connectivity index (χ2n) is 7.85. The van der Waals surface area contributed by atoms with Crippen LogP contribution in [0.3, 0.4) is 0 Å². The van der Waals surface area contributed by atoms with Crippen LogP contribution in [0.25, 0.3) is 0 Å². The first-order valence-electron chi connectivity index (χ1n) is 10.5. The summed E-state index contributed by atoms with van der Waals surface area (Å²) in [7, 11) is 0. The minimum absolute atomic E-state index is 0.215. The van der Waals surface area contributed by atoms with Crippen LogP contribution in [-0.2, 0) is 29.1 Å². The third kappa shape index (κ3) is 4.45. The molecule has 9 heteroatoms. The SMILES string of the molecule is CCc1ccc(Cl)cc1NC(=O)NCc1ccc2c(c1)CN(C1CCC(=O)NC1=O)C2=O. The number of carbonyl (C=O) groups excluding carboxylic acids is 4. The first kappa shape index (κ1) is 21.8. The zero-order valence-corrected chi connectivity index (χ0v) is 18.3. The van der Waals surface area contributed by atoms with Gasteiger partial charge in [-0.05, 0) is 47.7 Å². The Morgan fingerprint density at radius 2 is 2.00 bits per heavy atom. The van der Waals surface area contributed by atoms with Crippen LogP contribution in [0.1, 0.15) is 46.8 Å². The van der Waals surface area contributed by atoms with Crippen molar-refractivity contribution < 1.29 is 19.2 Å². The summed E-state index contributed by atoms with van der Waals surface area (Å²) in [6.07, 6.45) is 1.30. The van der Waals surface area contributed by atoms with E-state index < -0.39 is 11.9 Å². The number of piperidine rings is 1. The van der Waals surface area contributed by atoms with Crippen LogP contribution >= 0.6 is 11.6 Å². The number of hydrogen-bond donors (Lipinski definition) is 3. The number of rotatable bonds is 5. The number of halogens is 1. The summed E-state index contributed by atoms with van der Waals surface area (Å²) in [4.78, 5) is 50.2. The van der Waals surface area contributed by atoms with E-state index in [1.54, 1.807) is 24.3 Å². The molecule has 0 bridgehead atoms. The maximum atomic E-state index is 12.8. The van der Waals surface area contributed by atoms with E-state index in [0.29, 0.717) is 29.2 Å². The molecule has 2 heterocycles. The summed E-state index contributed by atoms with van der Waals surface area (Å²) in [6, 6.07) is 9.72. The summed E-state index contributed by atoms with van der Waals surface area (Å²) >= 11 is 6.04. The predicted octanol–water partition coefficient (Wildman–Crippen LogP) is 2.99. The fourth-order valence-electron chi connectivity index (χ4n) is 4.06. The van der Waals surface area contributed by atoms with Crippen molar-refractivity contribution in [1.82, 2.24) is 15.5 Å². The Bertz CT molecular complexity index is 1120. The van der Waals surface area contributed by atoms with Gasteiger partial charge >= 0.3 is 6.03 Å². The smallest absolute Gasteiger partial charge is 0.319 e. The van der Waals surface area contributed by atoms with Crippen LogP contribution in [0.4, 0.5) is 10.5 Å². The van der Waals surface area contributed by atoms with E-state index in [0.717, 1.165) is 23.1 Å². The fraction of sp³-hybridized carbons (Fsp3) is 0.304. The van der Waals surface area contributed by atoms with Crippen LogP contribution in [0, 0.1) is 0 Å². The van der Waals surface area contributed by atoms with E-state index in [4.69, 9.17) is 11.6 Å².